The Morgan fingerprint density at radius 1 is 0.765 bits per heavy atom. The van der Waals surface area contributed by atoms with Gasteiger partial charge in [0.05, 0.1) is 0 Å². The number of rotatable bonds is 5. The van der Waals surface area contributed by atoms with Gasteiger partial charge in [-0.15, -0.1) is 12.6 Å². The van der Waals surface area contributed by atoms with Crippen molar-refractivity contribution in [3.8, 4) is 39.3 Å². The van der Waals surface area contributed by atoms with Crippen LogP contribution in [0.25, 0.3) is 33.5 Å². The van der Waals surface area contributed by atoms with Crippen molar-refractivity contribution in [2.75, 3.05) is 5.32 Å². The lowest BCUT2D eigenvalue weighted by atomic mass is 9.90. The number of nitrogens with one attached hydrogen (secondary N) is 1. The zero-order chi connectivity index (χ0) is 23.5. The predicted molar refractivity (Wildman–Crippen MR) is 136 cm³/mol. The number of phenols is 1. The van der Waals surface area contributed by atoms with E-state index in [1.54, 1.807) is 36.4 Å². The molecule has 1 heterocycles. The van der Waals surface area contributed by atoms with Gasteiger partial charge in [0.2, 0.25) is 5.88 Å². The number of aromatic nitrogens is 1. The summed E-state index contributed by atoms with van der Waals surface area (Å²) in [5.74, 6) is 0.135. The van der Waals surface area contributed by atoms with Crippen molar-refractivity contribution in [2.45, 2.75) is 4.90 Å². The minimum atomic E-state index is -0.295. The summed E-state index contributed by atoms with van der Waals surface area (Å²) in [5.41, 5.74) is 4.98. The smallest absolute Gasteiger partial charge is 0.258 e. The Morgan fingerprint density at radius 2 is 1.41 bits per heavy atom. The van der Waals surface area contributed by atoms with Crippen LogP contribution in [0.4, 0.5) is 5.88 Å². The zero-order valence-electron chi connectivity index (χ0n) is 18.0. The number of para-hydroxylation sites is 1. The molecule has 5 nitrogen and oxygen atoms in total. The predicted octanol–water partition coefficient (Wildman–Crippen LogP) is 6.92. The third-order valence-electron chi connectivity index (χ3n) is 5.52. The van der Waals surface area contributed by atoms with Crippen molar-refractivity contribution in [3.63, 3.8) is 0 Å². The van der Waals surface area contributed by atoms with Crippen LogP contribution in [0, 0.1) is 0 Å². The molecule has 1 amide bonds. The molecular formula is C28H20N2O3S. The molecule has 166 valence electrons. The van der Waals surface area contributed by atoms with Gasteiger partial charge in [0.1, 0.15) is 11.4 Å². The van der Waals surface area contributed by atoms with Gasteiger partial charge in [0.25, 0.3) is 5.91 Å². The molecule has 0 aliphatic heterocycles. The molecule has 1 aromatic heterocycles. The highest BCUT2D eigenvalue weighted by molar-refractivity contribution is 7.80. The van der Waals surface area contributed by atoms with Gasteiger partial charge < -0.3 is 9.52 Å². The summed E-state index contributed by atoms with van der Waals surface area (Å²) in [4.78, 5) is 17.9. The first-order valence-corrected chi connectivity index (χ1v) is 11.1. The number of carbonyl (C=O) groups is 1. The van der Waals surface area contributed by atoms with E-state index in [-0.39, 0.29) is 17.5 Å². The lowest BCUT2D eigenvalue weighted by molar-refractivity contribution is 0.102. The molecule has 0 aliphatic carbocycles. The van der Waals surface area contributed by atoms with Crippen LogP contribution in [0.1, 0.15) is 10.4 Å². The number of carbonyl (C=O) groups excluding carboxylic acids is 1. The second-order valence-electron chi connectivity index (χ2n) is 7.61. The quantitative estimate of drug-likeness (QED) is 0.247. The number of hydrogen-bond donors (Lipinski definition) is 3. The van der Waals surface area contributed by atoms with Gasteiger partial charge >= 0.3 is 0 Å². The van der Waals surface area contributed by atoms with E-state index in [1.165, 1.54) is 6.39 Å². The van der Waals surface area contributed by atoms with Crippen molar-refractivity contribution in [3.05, 3.63) is 109 Å². The Labute approximate surface area is 202 Å². The number of phenolic OH excluding ortho intramolecular Hbond substituents is 1. The van der Waals surface area contributed by atoms with Crippen LogP contribution in [0.3, 0.4) is 0 Å². The van der Waals surface area contributed by atoms with E-state index in [9.17, 15) is 9.90 Å². The molecule has 0 bridgehead atoms. The summed E-state index contributed by atoms with van der Waals surface area (Å²) in [5, 5.41) is 13.3. The summed E-state index contributed by atoms with van der Waals surface area (Å²) < 4.78 is 5.57. The van der Waals surface area contributed by atoms with Crippen LogP contribution in [-0.2, 0) is 0 Å². The molecule has 4 aromatic carbocycles. The fraction of sp³-hybridized carbons (Fsp3) is 0. The van der Waals surface area contributed by atoms with Gasteiger partial charge in [-0.25, -0.2) is 4.98 Å². The highest BCUT2D eigenvalue weighted by Gasteiger charge is 2.21. The number of anilines is 1. The van der Waals surface area contributed by atoms with Crippen LogP contribution >= 0.6 is 12.6 Å². The average Bonchev–Trinajstić information content (AvgIpc) is 3.33. The molecule has 34 heavy (non-hydrogen) atoms. The Kier molecular flexibility index (Phi) is 5.89. The number of benzene rings is 4. The maximum absolute atomic E-state index is 12.8. The van der Waals surface area contributed by atoms with Crippen molar-refractivity contribution < 1.29 is 14.3 Å². The fourth-order valence-corrected chi connectivity index (χ4v) is 4.28. The monoisotopic (exact) mass is 464 g/mol. The van der Waals surface area contributed by atoms with Gasteiger partial charge in [-0.3, -0.25) is 10.1 Å². The molecular weight excluding hydrogens is 444 g/mol. The summed E-state index contributed by atoms with van der Waals surface area (Å²) in [7, 11) is 0. The maximum atomic E-state index is 12.8. The normalized spacial score (nSPS) is 10.7. The molecule has 2 N–H and O–H groups in total. The number of thiol groups is 1. The van der Waals surface area contributed by atoms with Crippen molar-refractivity contribution >= 4 is 24.4 Å². The number of hydrogen-bond acceptors (Lipinski definition) is 5. The summed E-state index contributed by atoms with van der Waals surface area (Å²) in [6.45, 7) is 0. The lowest BCUT2D eigenvalue weighted by Gasteiger charge is -2.16. The minimum absolute atomic E-state index is 0.186. The van der Waals surface area contributed by atoms with Gasteiger partial charge in [0.15, 0.2) is 6.39 Å². The minimum Gasteiger partial charge on any atom is -0.507 e. The number of nitrogens with zero attached hydrogens (tertiary/aromatic N) is 1. The highest BCUT2D eigenvalue weighted by atomic mass is 32.1. The van der Waals surface area contributed by atoms with E-state index in [0.717, 1.165) is 27.1 Å². The maximum Gasteiger partial charge on any atom is 0.258 e. The third kappa shape index (κ3) is 4.07. The molecule has 0 fully saturated rings. The number of amides is 1. The van der Waals surface area contributed by atoms with E-state index < -0.39 is 0 Å². The van der Waals surface area contributed by atoms with Crippen molar-refractivity contribution in [1.29, 1.82) is 0 Å². The van der Waals surface area contributed by atoms with Crippen LogP contribution in [0.15, 0.2) is 113 Å². The second-order valence-corrected chi connectivity index (χ2v) is 8.09. The molecule has 0 unspecified atom stereocenters. The van der Waals surface area contributed by atoms with Crippen LogP contribution in [-0.4, -0.2) is 16.0 Å². The molecule has 5 aromatic rings. The SMILES string of the molecule is O=C(Nc1ocnc1-c1cccc(S)c1-c1ccccc1-c1ccccc1O)c1ccccc1. The molecule has 6 heteroatoms. The van der Waals surface area contributed by atoms with Crippen molar-refractivity contribution in [1.82, 2.24) is 4.98 Å². The number of aromatic hydroxyl groups is 1. The fourth-order valence-electron chi connectivity index (χ4n) is 3.95. The van der Waals surface area contributed by atoms with E-state index in [4.69, 9.17) is 17.0 Å². The largest absolute Gasteiger partial charge is 0.507 e. The van der Waals surface area contributed by atoms with Gasteiger partial charge in [-0.1, -0.05) is 72.8 Å². The van der Waals surface area contributed by atoms with E-state index in [1.807, 2.05) is 60.7 Å². The van der Waals surface area contributed by atoms with Crippen LogP contribution in [0.5, 0.6) is 5.75 Å². The van der Waals surface area contributed by atoms with Crippen molar-refractivity contribution in [2.24, 2.45) is 0 Å². The Balaban J connectivity index is 1.63. The van der Waals surface area contributed by atoms with E-state index >= 15 is 0 Å². The molecule has 0 saturated carbocycles. The Hall–Kier alpha value is -4.29. The number of oxazole rings is 1. The van der Waals surface area contributed by atoms with E-state index in [2.05, 4.69) is 10.3 Å². The summed E-state index contributed by atoms with van der Waals surface area (Å²) in [6, 6.07) is 29.6. The highest BCUT2D eigenvalue weighted by Crippen LogP contribution is 2.44. The lowest BCUT2D eigenvalue weighted by Crippen LogP contribution is -2.11. The third-order valence-corrected chi connectivity index (χ3v) is 5.89. The Morgan fingerprint density at radius 3 is 2.18 bits per heavy atom. The average molecular weight is 465 g/mol. The topological polar surface area (TPSA) is 75.4 Å². The van der Waals surface area contributed by atoms with Gasteiger partial charge in [0, 0.05) is 27.1 Å². The molecule has 0 aliphatic rings. The molecule has 0 radical (unpaired) electrons. The van der Waals surface area contributed by atoms with Gasteiger partial charge in [-0.05, 0) is 35.4 Å². The standard InChI is InChI=1S/C28H20N2O3S/c31-23-15-7-6-12-20(23)19-11-4-5-13-21(19)25-22(14-8-16-24(25)34)26-28(33-17-29-26)30-27(32)18-9-2-1-3-10-18/h1-17,31,34H,(H,30,32). The van der Waals surface area contributed by atoms with Crippen LogP contribution < -0.4 is 5.32 Å². The van der Waals surface area contributed by atoms with Crippen LogP contribution in [0.2, 0.25) is 0 Å². The second kappa shape index (κ2) is 9.29. The molecule has 5 rings (SSSR count). The van der Waals surface area contributed by atoms with Gasteiger partial charge in [-0.2, -0.15) is 0 Å². The first kappa shape index (κ1) is 21.6. The first-order valence-electron chi connectivity index (χ1n) is 10.6. The molecule has 0 atom stereocenters. The summed E-state index contributed by atoms with van der Waals surface area (Å²) in [6.07, 6.45) is 1.31. The zero-order valence-corrected chi connectivity index (χ0v) is 18.9. The van der Waals surface area contributed by atoms with E-state index in [0.29, 0.717) is 16.8 Å². The summed E-state index contributed by atoms with van der Waals surface area (Å²) >= 11 is 4.75. The molecule has 0 saturated heterocycles. The Bertz CT molecular complexity index is 1480. The first-order chi connectivity index (χ1) is 16.6. The molecule has 0 spiro atoms.